The number of aryl methyl sites for hydroxylation is 2. The van der Waals surface area contributed by atoms with Gasteiger partial charge in [-0.15, -0.1) is 0 Å². The quantitative estimate of drug-likeness (QED) is 0.288. The molecule has 1 aliphatic heterocycles. The van der Waals surface area contributed by atoms with Crippen molar-refractivity contribution in [2.75, 3.05) is 31.1 Å². The van der Waals surface area contributed by atoms with Crippen molar-refractivity contribution in [2.24, 2.45) is 0 Å². The second-order valence-electron chi connectivity index (χ2n) is 10.3. The summed E-state index contributed by atoms with van der Waals surface area (Å²) < 4.78 is 15.4. The lowest BCUT2D eigenvalue weighted by Gasteiger charge is -2.26. The van der Waals surface area contributed by atoms with Crippen LogP contribution in [0.4, 0.5) is 10.2 Å². The number of benzene rings is 2. The van der Waals surface area contributed by atoms with Crippen molar-refractivity contribution in [1.29, 1.82) is 0 Å². The summed E-state index contributed by atoms with van der Waals surface area (Å²) in [5.74, 6) is 1.45. The molecule has 8 heteroatoms. The predicted octanol–water partition coefficient (Wildman–Crippen LogP) is 5.84. The number of anilines is 1. The SMILES string of the molecule is CCCCc1nc(N2CCCN(C(=O)[C@H](CC)c3ccccc3)CC2)c2c(C)nn(-c3ccc(F)cc3)c2n1. The molecule has 2 aromatic carbocycles. The molecule has 1 atom stereocenters. The topological polar surface area (TPSA) is 67.2 Å². The molecule has 0 aliphatic carbocycles. The van der Waals surface area contributed by atoms with E-state index in [4.69, 9.17) is 15.1 Å². The Morgan fingerprint density at radius 2 is 1.74 bits per heavy atom. The van der Waals surface area contributed by atoms with Crippen molar-refractivity contribution < 1.29 is 9.18 Å². The van der Waals surface area contributed by atoms with E-state index in [2.05, 4.69) is 18.7 Å². The molecule has 0 N–H and O–H groups in total. The van der Waals surface area contributed by atoms with Gasteiger partial charge in [0, 0.05) is 32.6 Å². The van der Waals surface area contributed by atoms with Crippen molar-refractivity contribution in [3.8, 4) is 5.69 Å². The van der Waals surface area contributed by atoms with Gasteiger partial charge in [0.2, 0.25) is 5.91 Å². The molecule has 4 aromatic rings. The Bertz CT molecular complexity index is 1420. The maximum Gasteiger partial charge on any atom is 0.230 e. The summed E-state index contributed by atoms with van der Waals surface area (Å²) >= 11 is 0. The molecule has 5 rings (SSSR count). The highest BCUT2D eigenvalue weighted by Crippen LogP contribution is 2.31. The van der Waals surface area contributed by atoms with Crippen LogP contribution in [-0.4, -0.2) is 56.7 Å². The smallest absolute Gasteiger partial charge is 0.230 e. The number of rotatable bonds is 8. The Kier molecular flexibility index (Phi) is 8.19. The van der Waals surface area contributed by atoms with Crippen molar-refractivity contribution in [3.05, 3.63) is 77.5 Å². The molecule has 39 heavy (non-hydrogen) atoms. The number of amides is 1. The summed E-state index contributed by atoms with van der Waals surface area (Å²) in [7, 11) is 0. The standard InChI is InChI=1S/C31H37FN6O/c1-4-6-13-27-33-29(28-22(3)35-38(30(28)34-27)25-16-14-24(32)15-17-25)36-18-10-19-37(21-20-36)31(39)26(5-2)23-11-8-7-9-12-23/h7-9,11-12,14-17,26H,4-6,10,13,18-21H2,1-3H3/t26-/m1/s1. The molecule has 0 spiro atoms. The first kappa shape index (κ1) is 26.8. The summed E-state index contributed by atoms with van der Waals surface area (Å²) in [5, 5.41) is 5.71. The number of carbonyl (C=O) groups is 1. The average molecular weight is 529 g/mol. The molecule has 1 aliphatic rings. The molecule has 0 bridgehead atoms. The Hall–Kier alpha value is -3.81. The van der Waals surface area contributed by atoms with Gasteiger partial charge >= 0.3 is 0 Å². The average Bonchev–Trinajstić information content (AvgIpc) is 3.12. The third-order valence-electron chi connectivity index (χ3n) is 7.57. The zero-order chi connectivity index (χ0) is 27.4. The van der Waals surface area contributed by atoms with Gasteiger partial charge in [-0.2, -0.15) is 5.10 Å². The first-order valence-corrected chi connectivity index (χ1v) is 14.1. The van der Waals surface area contributed by atoms with Crippen molar-refractivity contribution in [1.82, 2.24) is 24.6 Å². The predicted molar refractivity (Wildman–Crippen MR) is 153 cm³/mol. The normalized spacial score (nSPS) is 15.0. The fraction of sp³-hybridized carbons (Fsp3) is 0.419. The van der Waals surface area contributed by atoms with Crippen LogP contribution in [-0.2, 0) is 11.2 Å². The van der Waals surface area contributed by atoms with E-state index in [1.165, 1.54) is 12.1 Å². The van der Waals surface area contributed by atoms with Gasteiger partial charge in [0.1, 0.15) is 17.5 Å². The number of carbonyl (C=O) groups excluding carboxylic acids is 1. The summed E-state index contributed by atoms with van der Waals surface area (Å²) in [4.78, 5) is 27.9. The Morgan fingerprint density at radius 3 is 2.46 bits per heavy atom. The number of unbranched alkanes of at least 4 members (excludes halogenated alkanes) is 1. The number of nitrogens with zero attached hydrogens (tertiary/aromatic N) is 6. The highest BCUT2D eigenvalue weighted by atomic mass is 19.1. The molecule has 0 saturated carbocycles. The van der Waals surface area contributed by atoms with Crippen LogP contribution in [0.2, 0.25) is 0 Å². The Labute approximate surface area is 229 Å². The summed E-state index contributed by atoms with van der Waals surface area (Å²) in [6.07, 6.45) is 4.46. The zero-order valence-corrected chi connectivity index (χ0v) is 23.1. The van der Waals surface area contributed by atoms with Crippen molar-refractivity contribution in [2.45, 2.75) is 58.8 Å². The van der Waals surface area contributed by atoms with Gasteiger partial charge in [-0.25, -0.2) is 19.0 Å². The van der Waals surface area contributed by atoms with Gasteiger partial charge in [-0.05, 0) is 56.0 Å². The number of hydrogen-bond acceptors (Lipinski definition) is 5. The summed E-state index contributed by atoms with van der Waals surface area (Å²) in [6.45, 7) is 9.07. The van der Waals surface area contributed by atoms with E-state index in [1.807, 2.05) is 42.2 Å². The third kappa shape index (κ3) is 5.65. The minimum atomic E-state index is -0.285. The van der Waals surface area contributed by atoms with E-state index in [-0.39, 0.29) is 17.6 Å². The maximum atomic E-state index is 13.6. The second-order valence-corrected chi connectivity index (χ2v) is 10.3. The van der Waals surface area contributed by atoms with E-state index >= 15 is 0 Å². The van der Waals surface area contributed by atoms with Crippen LogP contribution < -0.4 is 4.90 Å². The van der Waals surface area contributed by atoms with Crippen LogP contribution in [0.5, 0.6) is 0 Å². The van der Waals surface area contributed by atoms with Crippen LogP contribution in [0, 0.1) is 12.7 Å². The molecular formula is C31H37FN6O. The van der Waals surface area contributed by atoms with Crippen LogP contribution in [0.25, 0.3) is 16.7 Å². The van der Waals surface area contributed by atoms with E-state index < -0.39 is 0 Å². The molecule has 0 unspecified atom stereocenters. The molecule has 0 radical (unpaired) electrons. The summed E-state index contributed by atoms with van der Waals surface area (Å²) in [6, 6.07) is 16.4. The highest BCUT2D eigenvalue weighted by Gasteiger charge is 2.28. The molecule has 1 amide bonds. The van der Waals surface area contributed by atoms with E-state index in [9.17, 15) is 9.18 Å². The first-order chi connectivity index (χ1) is 19.0. The molecule has 3 heterocycles. The minimum Gasteiger partial charge on any atom is -0.354 e. The fourth-order valence-electron chi connectivity index (χ4n) is 5.45. The Balaban J connectivity index is 1.47. The molecule has 1 saturated heterocycles. The largest absolute Gasteiger partial charge is 0.354 e. The van der Waals surface area contributed by atoms with E-state index in [1.54, 1.807) is 16.8 Å². The fourth-order valence-corrected chi connectivity index (χ4v) is 5.45. The van der Waals surface area contributed by atoms with Crippen molar-refractivity contribution in [3.63, 3.8) is 0 Å². The molecule has 7 nitrogen and oxygen atoms in total. The van der Waals surface area contributed by atoms with Gasteiger partial charge in [0.05, 0.1) is 22.7 Å². The monoisotopic (exact) mass is 528 g/mol. The van der Waals surface area contributed by atoms with Crippen LogP contribution in [0.1, 0.15) is 62.5 Å². The lowest BCUT2D eigenvalue weighted by molar-refractivity contribution is -0.132. The Morgan fingerprint density at radius 1 is 0.974 bits per heavy atom. The lowest BCUT2D eigenvalue weighted by Crippen LogP contribution is -2.38. The minimum absolute atomic E-state index is 0.125. The lowest BCUT2D eigenvalue weighted by atomic mass is 9.95. The number of halogens is 1. The van der Waals surface area contributed by atoms with Gasteiger partial charge < -0.3 is 9.80 Å². The number of aromatic nitrogens is 4. The van der Waals surface area contributed by atoms with Gasteiger partial charge in [-0.3, -0.25) is 4.79 Å². The first-order valence-electron chi connectivity index (χ1n) is 14.1. The van der Waals surface area contributed by atoms with E-state index in [0.717, 1.165) is 84.8 Å². The van der Waals surface area contributed by atoms with Crippen LogP contribution >= 0.6 is 0 Å². The highest BCUT2D eigenvalue weighted by molar-refractivity contribution is 5.91. The number of fused-ring (bicyclic) bond motifs is 1. The van der Waals surface area contributed by atoms with Gasteiger partial charge in [-0.1, -0.05) is 50.6 Å². The summed E-state index contributed by atoms with van der Waals surface area (Å²) in [5.41, 5.74) is 3.41. The molecule has 2 aromatic heterocycles. The van der Waals surface area contributed by atoms with Gasteiger partial charge in [0.25, 0.3) is 0 Å². The maximum absolute atomic E-state index is 13.6. The molecule has 204 valence electrons. The second kappa shape index (κ2) is 11.9. The van der Waals surface area contributed by atoms with Crippen molar-refractivity contribution >= 4 is 22.8 Å². The van der Waals surface area contributed by atoms with E-state index in [0.29, 0.717) is 13.1 Å². The van der Waals surface area contributed by atoms with Crippen LogP contribution in [0.3, 0.4) is 0 Å². The number of hydrogen-bond donors (Lipinski definition) is 0. The molecular weight excluding hydrogens is 491 g/mol. The molecule has 1 fully saturated rings. The van der Waals surface area contributed by atoms with Gasteiger partial charge in [0.15, 0.2) is 5.65 Å². The zero-order valence-electron chi connectivity index (χ0n) is 23.1. The van der Waals surface area contributed by atoms with Crippen LogP contribution in [0.15, 0.2) is 54.6 Å². The third-order valence-corrected chi connectivity index (χ3v) is 7.57.